The second-order valence-corrected chi connectivity index (χ2v) is 3.85. The molecule has 0 spiro atoms. The number of hydrogen-bond acceptors (Lipinski definition) is 4. The SMILES string of the molecule is Cn1ncc2c1N(CC(=O)O)CCCC2=O. The van der Waals surface area contributed by atoms with E-state index in [4.69, 9.17) is 5.11 Å². The van der Waals surface area contributed by atoms with Crippen LogP contribution in [0.25, 0.3) is 0 Å². The van der Waals surface area contributed by atoms with Gasteiger partial charge in [-0.05, 0) is 6.42 Å². The first-order valence-corrected chi connectivity index (χ1v) is 5.11. The van der Waals surface area contributed by atoms with E-state index in [0.717, 1.165) is 0 Å². The van der Waals surface area contributed by atoms with Gasteiger partial charge < -0.3 is 10.0 Å². The maximum atomic E-state index is 11.7. The minimum Gasteiger partial charge on any atom is -0.480 e. The number of Topliss-reactive ketones (excluding diaryl/α,β-unsaturated/α-hetero) is 1. The molecule has 2 rings (SSSR count). The molecular formula is C10H13N3O3. The Hall–Kier alpha value is -1.85. The highest BCUT2D eigenvalue weighted by molar-refractivity contribution is 6.01. The number of anilines is 1. The Morgan fingerprint density at radius 3 is 3.06 bits per heavy atom. The second-order valence-electron chi connectivity index (χ2n) is 3.85. The van der Waals surface area contributed by atoms with Gasteiger partial charge >= 0.3 is 5.97 Å². The van der Waals surface area contributed by atoms with Gasteiger partial charge in [0.05, 0.1) is 11.8 Å². The maximum absolute atomic E-state index is 11.7. The van der Waals surface area contributed by atoms with Crippen LogP contribution in [0.2, 0.25) is 0 Å². The molecule has 0 aromatic carbocycles. The van der Waals surface area contributed by atoms with E-state index in [1.807, 2.05) is 0 Å². The molecule has 1 aromatic heterocycles. The molecule has 86 valence electrons. The Morgan fingerprint density at radius 2 is 2.38 bits per heavy atom. The molecule has 0 unspecified atom stereocenters. The summed E-state index contributed by atoms with van der Waals surface area (Å²) in [6, 6.07) is 0. The molecule has 0 atom stereocenters. The van der Waals surface area contributed by atoms with Crippen molar-refractivity contribution in [1.82, 2.24) is 9.78 Å². The Balaban J connectivity index is 2.41. The Labute approximate surface area is 92.5 Å². The normalized spacial score (nSPS) is 15.8. The Bertz CT molecular complexity index is 439. The summed E-state index contributed by atoms with van der Waals surface area (Å²) in [7, 11) is 1.71. The lowest BCUT2D eigenvalue weighted by molar-refractivity contribution is -0.135. The predicted molar refractivity (Wildman–Crippen MR) is 56.6 cm³/mol. The van der Waals surface area contributed by atoms with Crippen molar-refractivity contribution < 1.29 is 14.7 Å². The molecule has 6 heteroatoms. The molecule has 0 fully saturated rings. The van der Waals surface area contributed by atoms with E-state index in [1.54, 1.807) is 16.6 Å². The Kier molecular flexibility index (Phi) is 2.64. The molecule has 0 radical (unpaired) electrons. The minimum atomic E-state index is -0.901. The van der Waals surface area contributed by atoms with Gasteiger partial charge in [0.2, 0.25) is 0 Å². The van der Waals surface area contributed by atoms with Crippen LogP contribution in [-0.2, 0) is 11.8 Å². The molecule has 6 nitrogen and oxygen atoms in total. The van der Waals surface area contributed by atoms with Crippen molar-refractivity contribution in [3.63, 3.8) is 0 Å². The number of hydrogen-bond donors (Lipinski definition) is 1. The van der Waals surface area contributed by atoms with E-state index in [2.05, 4.69) is 5.10 Å². The van der Waals surface area contributed by atoms with E-state index >= 15 is 0 Å². The van der Waals surface area contributed by atoms with Crippen molar-refractivity contribution in [3.8, 4) is 0 Å². The van der Waals surface area contributed by atoms with Crippen LogP contribution in [0.1, 0.15) is 23.2 Å². The number of nitrogens with zero attached hydrogens (tertiary/aromatic N) is 3. The van der Waals surface area contributed by atoms with Gasteiger partial charge in [-0.3, -0.25) is 14.3 Å². The zero-order valence-corrected chi connectivity index (χ0v) is 9.01. The molecule has 16 heavy (non-hydrogen) atoms. The van der Waals surface area contributed by atoms with Crippen molar-refractivity contribution in [2.45, 2.75) is 12.8 Å². The van der Waals surface area contributed by atoms with E-state index in [0.29, 0.717) is 30.8 Å². The van der Waals surface area contributed by atoms with Gasteiger partial charge in [0.1, 0.15) is 12.4 Å². The molecule has 1 aliphatic rings. The summed E-state index contributed by atoms with van der Waals surface area (Å²) in [5.74, 6) is -0.248. The third kappa shape index (κ3) is 1.78. The fraction of sp³-hybridized carbons (Fsp3) is 0.500. The lowest BCUT2D eigenvalue weighted by Crippen LogP contribution is -2.32. The number of fused-ring (bicyclic) bond motifs is 1. The first kappa shape index (κ1) is 10.7. The summed E-state index contributed by atoms with van der Waals surface area (Å²) < 4.78 is 1.56. The summed E-state index contributed by atoms with van der Waals surface area (Å²) in [4.78, 5) is 24.2. The largest absolute Gasteiger partial charge is 0.480 e. The molecule has 1 aromatic rings. The zero-order chi connectivity index (χ0) is 11.7. The van der Waals surface area contributed by atoms with Gasteiger partial charge in [0.25, 0.3) is 0 Å². The van der Waals surface area contributed by atoms with Crippen LogP contribution in [0, 0.1) is 0 Å². The zero-order valence-electron chi connectivity index (χ0n) is 9.01. The smallest absolute Gasteiger partial charge is 0.323 e. The second kappa shape index (κ2) is 3.96. The molecule has 2 heterocycles. The molecular weight excluding hydrogens is 210 g/mol. The monoisotopic (exact) mass is 223 g/mol. The average Bonchev–Trinajstić information content (AvgIpc) is 2.50. The number of carbonyl (C=O) groups excluding carboxylic acids is 1. The number of ketones is 1. The van der Waals surface area contributed by atoms with E-state index in [1.165, 1.54) is 6.20 Å². The van der Waals surface area contributed by atoms with E-state index in [-0.39, 0.29) is 12.3 Å². The van der Waals surface area contributed by atoms with E-state index in [9.17, 15) is 9.59 Å². The van der Waals surface area contributed by atoms with Crippen LogP contribution in [-0.4, -0.2) is 39.7 Å². The fourth-order valence-corrected chi connectivity index (χ4v) is 1.99. The molecule has 1 N–H and O–H groups in total. The highest BCUT2D eigenvalue weighted by atomic mass is 16.4. The molecule has 0 bridgehead atoms. The van der Waals surface area contributed by atoms with Crippen LogP contribution in [0.15, 0.2) is 6.20 Å². The summed E-state index contributed by atoms with van der Waals surface area (Å²) in [6.45, 7) is 0.477. The van der Waals surface area contributed by atoms with Crippen molar-refractivity contribution in [2.75, 3.05) is 18.0 Å². The van der Waals surface area contributed by atoms with Crippen LogP contribution >= 0.6 is 0 Å². The number of aromatic nitrogens is 2. The van der Waals surface area contributed by atoms with Crippen LogP contribution in [0.5, 0.6) is 0 Å². The molecule has 0 saturated heterocycles. The average molecular weight is 223 g/mol. The molecule has 0 aliphatic carbocycles. The fourth-order valence-electron chi connectivity index (χ4n) is 1.99. The van der Waals surface area contributed by atoms with Crippen molar-refractivity contribution in [3.05, 3.63) is 11.8 Å². The number of rotatable bonds is 2. The number of carbonyl (C=O) groups is 2. The Morgan fingerprint density at radius 1 is 1.62 bits per heavy atom. The van der Waals surface area contributed by atoms with Crippen molar-refractivity contribution in [2.24, 2.45) is 7.05 Å². The number of carboxylic acid groups (broad SMARTS) is 1. The standard InChI is InChI=1S/C10H13N3O3/c1-12-10-7(5-11-12)8(14)3-2-4-13(10)6-9(15)16/h5H,2-4,6H2,1H3,(H,15,16). The van der Waals surface area contributed by atoms with Crippen LogP contribution < -0.4 is 4.90 Å². The van der Waals surface area contributed by atoms with Gasteiger partial charge in [0.15, 0.2) is 5.78 Å². The van der Waals surface area contributed by atoms with Gasteiger partial charge in [-0.15, -0.1) is 0 Å². The lowest BCUT2D eigenvalue weighted by Gasteiger charge is -2.21. The lowest BCUT2D eigenvalue weighted by atomic mass is 10.1. The van der Waals surface area contributed by atoms with Crippen molar-refractivity contribution >= 4 is 17.6 Å². The molecule has 0 saturated carbocycles. The third-order valence-corrected chi connectivity index (χ3v) is 2.67. The van der Waals surface area contributed by atoms with Gasteiger partial charge in [0, 0.05) is 20.0 Å². The van der Waals surface area contributed by atoms with E-state index < -0.39 is 5.97 Å². The van der Waals surface area contributed by atoms with Crippen molar-refractivity contribution in [1.29, 1.82) is 0 Å². The third-order valence-electron chi connectivity index (χ3n) is 2.67. The van der Waals surface area contributed by atoms with Gasteiger partial charge in [-0.25, -0.2) is 0 Å². The van der Waals surface area contributed by atoms with Crippen LogP contribution in [0.4, 0.5) is 5.82 Å². The first-order valence-electron chi connectivity index (χ1n) is 5.11. The summed E-state index contributed by atoms with van der Waals surface area (Å²) in [5, 5.41) is 12.8. The summed E-state index contributed by atoms with van der Waals surface area (Å²) >= 11 is 0. The number of carboxylic acids is 1. The summed E-state index contributed by atoms with van der Waals surface area (Å²) in [6.07, 6.45) is 2.65. The van der Waals surface area contributed by atoms with Gasteiger partial charge in [-0.2, -0.15) is 5.10 Å². The number of aryl methyl sites for hydroxylation is 1. The minimum absolute atomic E-state index is 0.0380. The topological polar surface area (TPSA) is 75.4 Å². The van der Waals surface area contributed by atoms with Gasteiger partial charge in [-0.1, -0.05) is 0 Å². The maximum Gasteiger partial charge on any atom is 0.323 e. The predicted octanol–water partition coefficient (Wildman–Crippen LogP) is 0.288. The van der Waals surface area contributed by atoms with Crippen LogP contribution in [0.3, 0.4) is 0 Å². The summed E-state index contributed by atoms with van der Waals surface area (Å²) in [5.41, 5.74) is 0.529. The quantitative estimate of drug-likeness (QED) is 0.779. The highest BCUT2D eigenvalue weighted by Gasteiger charge is 2.25. The molecule has 0 amide bonds. The highest BCUT2D eigenvalue weighted by Crippen LogP contribution is 2.25. The number of aliphatic carboxylic acids is 1. The molecule has 1 aliphatic heterocycles. The first-order chi connectivity index (χ1) is 7.59.